The van der Waals surface area contributed by atoms with Crippen LogP contribution in [0.15, 0.2) is 30.9 Å². The maximum atomic E-state index is 5.65. The smallest absolute Gasteiger partial charge is 0.0595 e. The summed E-state index contributed by atoms with van der Waals surface area (Å²) in [5.74, 6) is 0. The SMILES string of the molecule is Nc1cncc2ccncc12. The van der Waals surface area contributed by atoms with Crippen molar-refractivity contribution in [3.8, 4) is 0 Å². The number of anilines is 1. The molecule has 0 saturated carbocycles. The van der Waals surface area contributed by atoms with Crippen LogP contribution in [0.25, 0.3) is 10.8 Å². The molecule has 0 aliphatic rings. The highest BCUT2D eigenvalue weighted by atomic mass is 14.7. The van der Waals surface area contributed by atoms with Gasteiger partial charge in [-0.15, -0.1) is 0 Å². The van der Waals surface area contributed by atoms with Gasteiger partial charge in [0.1, 0.15) is 0 Å². The third-order valence-electron chi connectivity index (χ3n) is 1.59. The van der Waals surface area contributed by atoms with Crippen LogP contribution in [0.2, 0.25) is 0 Å². The molecule has 0 amide bonds. The first kappa shape index (κ1) is 6.09. The Kier molecular flexibility index (Phi) is 1.22. The molecule has 0 radical (unpaired) electrons. The fraction of sp³-hybridized carbons (Fsp3) is 0. The van der Waals surface area contributed by atoms with Crippen molar-refractivity contribution in [2.24, 2.45) is 0 Å². The first-order valence-electron chi connectivity index (χ1n) is 3.31. The fourth-order valence-electron chi connectivity index (χ4n) is 1.03. The summed E-state index contributed by atoms with van der Waals surface area (Å²) in [6.45, 7) is 0. The molecule has 2 aromatic heterocycles. The molecule has 2 aromatic rings. The van der Waals surface area contributed by atoms with Crippen molar-refractivity contribution in [2.75, 3.05) is 5.73 Å². The van der Waals surface area contributed by atoms with E-state index in [0.29, 0.717) is 5.69 Å². The summed E-state index contributed by atoms with van der Waals surface area (Å²) in [5, 5.41) is 1.99. The van der Waals surface area contributed by atoms with Gasteiger partial charge in [0, 0.05) is 29.4 Å². The Balaban J connectivity index is 2.91. The van der Waals surface area contributed by atoms with Crippen LogP contribution in [0.5, 0.6) is 0 Å². The van der Waals surface area contributed by atoms with E-state index in [1.165, 1.54) is 0 Å². The van der Waals surface area contributed by atoms with Crippen LogP contribution in [0.3, 0.4) is 0 Å². The van der Waals surface area contributed by atoms with E-state index in [0.717, 1.165) is 10.8 Å². The van der Waals surface area contributed by atoms with Gasteiger partial charge in [-0.05, 0) is 6.07 Å². The van der Waals surface area contributed by atoms with Crippen molar-refractivity contribution in [3.05, 3.63) is 30.9 Å². The number of hydrogen-bond donors (Lipinski definition) is 1. The van der Waals surface area contributed by atoms with Crippen LogP contribution in [-0.4, -0.2) is 9.97 Å². The van der Waals surface area contributed by atoms with Crippen molar-refractivity contribution in [1.82, 2.24) is 9.97 Å². The second kappa shape index (κ2) is 2.20. The lowest BCUT2D eigenvalue weighted by atomic mass is 10.2. The molecule has 3 heteroatoms. The Morgan fingerprint density at radius 1 is 1.09 bits per heavy atom. The largest absolute Gasteiger partial charge is 0.397 e. The molecule has 2 rings (SSSR count). The van der Waals surface area contributed by atoms with Crippen LogP contribution in [0, 0.1) is 0 Å². The standard InChI is InChI=1S/C8H7N3/c9-8-5-11-3-6-1-2-10-4-7(6)8/h1-5H,9H2. The average molecular weight is 145 g/mol. The van der Waals surface area contributed by atoms with E-state index < -0.39 is 0 Å². The molecule has 0 atom stereocenters. The lowest BCUT2D eigenvalue weighted by molar-refractivity contribution is 1.32. The summed E-state index contributed by atoms with van der Waals surface area (Å²) in [6.07, 6.45) is 6.87. The molecule has 2 N–H and O–H groups in total. The zero-order valence-electron chi connectivity index (χ0n) is 5.86. The molecule has 0 spiro atoms. The zero-order chi connectivity index (χ0) is 7.68. The van der Waals surface area contributed by atoms with Gasteiger partial charge in [0.2, 0.25) is 0 Å². The minimum Gasteiger partial charge on any atom is -0.397 e. The summed E-state index contributed by atoms with van der Waals surface area (Å²) in [6, 6.07) is 1.89. The van der Waals surface area contributed by atoms with E-state index >= 15 is 0 Å². The molecular weight excluding hydrogens is 138 g/mol. The van der Waals surface area contributed by atoms with Crippen molar-refractivity contribution < 1.29 is 0 Å². The number of nitrogens with two attached hydrogens (primary N) is 1. The maximum Gasteiger partial charge on any atom is 0.0595 e. The van der Waals surface area contributed by atoms with Crippen LogP contribution in [-0.2, 0) is 0 Å². The van der Waals surface area contributed by atoms with Crippen molar-refractivity contribution in [2.45, 2.75) is 0 Å². The molecule has 0 aromatic carbocycles. The quantitative estimate of drug-likeness (QED) is 0.606. The van der Waals surface area contributed by atoms with Gasteiger partial charge in [-0.2, -0.15) is 0 Å². The van der Waals surface area contributed by atoms with Gasteiger partial charge >= 0.3 is 0 Å². The molecule has 0 aliphatic heterocycles. The molecule has 54 valence electrons. The van der Waals surface area contributed by atoms with Crippen molar-refractivity contribution in [3.63, 3.8) is 0 Å². The number of hydrogen-bond acceptors (Lipinski definition) is 3. The van der Waals surface area contributed by atoms with E-state index in [2.05, 4.69) is 9.97 Å². The fourth-order valence-corrected chi connectivity index (χ4v) is 1.03. The summed E-state index contributed by atoms with van der Waals surface area (Å²) in [7, 11) is 0. The van der Waals surface area contributed by atoms with Gasteiger partial charge in [-0.25, -0.2) is 0 Å². The van der Waals surface area contributed by atoms with Gasteiger partial charge in [0.05, 0.1) is 11.9 Å². The lowest BCUT2D eigenvalue weighted by Crippen LogP contribution is -1.88. The van der Waals surface area contributed by atoms with Crippen molar-refractivity contribution >= 4 is 16.5 Å². The molecule has 0 bridgehead atoms. The van der Waals surface area contributed by atoms with Gasteiger partial charge < -0.3 is 5.73 Å². The van der Waals surface area contributed by atoms with Crippen LogP contribution in [0.4, 0.5) is 5.69 Å². The van der Waals surface area contributed by atoms with Crippen LogP contribution < -0.4 is 5.73 Å². The monoisotopic (exact) mass is 145 g/mol. The van der Waals surface area contributed by atoms with Crippen molar-refractivity contribution in [1.29, 1.82) is 0 Å². The van der Waals surface area contributed by atoms with E-state index in [1.807, 2.05) is 6.07 Å². The topological polar surface area (TPSA) is 51.8 Å². The predicted octanol–water partition coefficient (Wildman–Crippen LogP) is 1.21. The molecule has 3 nitrogen and oxygen atoms in total. The maximum absolute atomic E-state index is 5.65. The van der Waals surface area contributed by atoms with E-state index in [-0.39, 0.29) is 0 Å². The van der Waals surface area contributed by atoms with Gasteiger partial charge in [-0.3, -0.25) is 9.97 Å². The highest BCUT2D eigenvalue weighted by Crippen LogP contribution is 2.16. The van der Waals surface area contributed by atoms with Crippen LogP contribution >= 0.6 is 0 Å². The highest BCUT2D eigenvalue weighted by molar-refractivity contribution is 5.90. The molecule has 0 unspecified atom stereocenters. The van der Waals surface area contributed by atoms with E-state index in [4.69, 9.17) is 5.73 Å². The second-order valence-electron chi connectivity index (χ2n) is 2.33. The number of rotatable bonds is 0. The van der Waals surface area contributed by atoms with Gasteiger partial charge in [0.15, 0.2) is 0 Å². The summed E-state index contributed by atoms with van der Waals surface area (Å²) >= 11 is 0. The Morgan fingerprint density at radius 3 is 2.82 bits per heavy atom. The third kappa shape index (κ3) is 0.902. The Bertz CT molecular complexity index is 378. The number of pyridine rings is 2. The number of aromatic nitrogens is 2. The first-order chi connectivity index (χ1) is 5.38. The normalized spacial score (nSPS) is 10.2. The third-order valence-corrected chi connectivity index (χ3v) is 1.59. The summed E-state index contributed by atoms with van der Waals surface area (Å²) in [5.41, 5.74) is 6.33. The van der Waals surface area contributed by atoms with E-state index in [1.54, 1.807) is 24.8 Å². The van der Waals surface area contributed by atoms with E-state index in [9.17, 15) is 0 Å². The first-order valence-corrected chi connectivity index (χ1v) is 3.31. The lowest BCUT2D eigenvalue weighted by Gasteiger charge is -1.97. The second-order valence-corrected chi connectivity index (χ2v) is 2.33. The average Bonchev–Trinajstić information content (AvgIpc) is 2.06. The molecule has 0 aliphatic carbocycles. The molecule has 11 heavy (non-hydrogen) atoms. The minimum atomic E-state index is 0.676. The molecule has 0 saturated heterocycles. The molecular formula is C8H7N3. The molecule has 0 fully saturated rings. The number of fused-ring (bicyclic) bond motifs is 1. The molecule has 2 heterocycles. The number of nitrogens with zero attached hydrogens (tertiary/aromatic N) is 2. The van der Waals surface area contributed by atoms with Gasteiger partial charge in [0.25, 0.3) is 0 Å². The predicted molar refractivity (Wildman–Crippen MR) is 44.0 cm³/mol. The minimum absolute atomic E-state index is 0.676. The highest BCUT2D eigenvalue weighted by Gasteiger charge is 1.94. The Hall–Kier alpha value is -1.64. The zero-order valence-corrected chi connectivity index (χ0v) is 5.86. The Morgan fingerprint density at radius 2 is 2.00 bits per heavy atom. The summed E-state index contributed by atoms with van der Waals surface area (Å²) < 4.78 is 0. The Labute approximate surface area is 63.9 Å². The number of nitrogen functional groups attached to an aromatic ring is 1. The summed E-state index contributed by atoms with van der Waals surface area (Å²) in [4.78, 5) is 7.93. The van der Waals surface area contributed by atoms with Gasteiger partial charge in [-0.1, -0.05) is 0 Å². The van der Waals surface area contributed by atoms with Crippen LogP contribution in [0.1, 0.15) is 0 Å².